The van der Waals surface area contributed by atoms with Crippen LogP contribution in [0.15, 0.2) is 34.7 Å². The van der Waals surface area contributed by atoms with E-state index in [1.807, 2.05) is 18.2 Å². The Balaban J connectivity index is 1.93. The Bertz CT molecular complexity index is 455. The highest BCUT2D eigenvalue weighted by atomic mass is 35.5. The van der Waals surface area contributed by atoms with Gasteiger partial charge in [0.05, 0.1) is 0 Å². The van der Waals surface area contributed by atoms with Gasteiger partial charge in [0.25, 0.3) is 0 Å². The van der Waals surface area contributed by atoms with Gasteiger partial charge in [0, 0.05) is 16.7 Å². The van der Waals surface area contributed by atoms with Gasteiger partial charge in [0.15, 0.2) is 0 Å². The van der Waals surface area contributed by atoms with Gasteiger partial charge in [-0.1, -0.05) is 24.6 Å². The second-order valence-electron chi connectivity index (χ2n) is 4.65. The summed E-state index contributed by atoms with van der Waals surface area (Å²) in [7, 11) is 0. The van der Waals surface area contributed by atoms with Crippen molar-refractivity contribution in [2.24, 2.45) is 0 Å². The number of alkyl halides is 1. The Hall–Kier alpha value is -0.950. The SMILES string of the molecule is ClC1CCCC(c2cc3ccccc3o2)C1. The lowest BCUT2D eigenvalue weighted by Gasteiger charge is -2.23. The fraction of sp³-hybridized carbons (Fsp3) is 0.429. The van der Waals surface area contributed by atoms with Gasteiger partial charge in [-0.25, -0.2) is 0 Å². The number of benzene rings is 1. The van der Waals surface area contributed by atoms with Crippen LogP contribution in [-0.4, -0.2) is 5.38 Å². The van der Waals surface area contributed by atoms with Crippen LogP contribution in [0.4, 0.5) is 0 Å². The lowest BCUT2D eigenvalue weighted by molar-refractivity contribution is 0.389. The van der Waals surface area contributed by atoms with Gasteiger partial charge in [-0.2, -0.15) is 0 Å². The van der Waals surface area contributed by atoms with Gasteiger partial charge in [-0.15, -0.1) is 11.6 Å². The maximum atomic E-state index is 6.22. The fourth-order valence-electron chi connectivity index (χ4n) is 2.59. The molecule has 0 spiro atoms. The van der Waals surface area contributed by atoms with Gasteiger partial charge in [0.1, 0.15) is 11.3 Å². The number of rotatable bonds is 1. The van der Waals surface area contributed by atoms with Crippen LogP contribution in [0.25, 0.3) is 11.0 Å². The summed E-state index contributed by atoms with van der Waals surface area (Å²) >= 11 is 6.22. The standard InChI is InChI=1S/C14H15ClO/c15-12-6-3-5-10(8-12)14-9-11-4-1-2-7-13(11)16-14/h1-2,4,7,9-10,12H,3,5-6,8H2. The molecule has 1 saturated carbocycles. The molecule has 1 aromatic carbocycles. The van der Waals surface area contributed by atoms with Crippen molar-refractivity contribution in [3.05, 3.63) is 36.1 Å². The van der Waals surface area contributed by atoms with E-state index in [1.54, 1.807) is 0 Å². The lowest BCUT2D eigenvalue weighted by atomic mass is 9.87. The average molecular weight is 235 g/mol. The summed E-state index contributed by atoms with van der Waals surface area (Å²) in [4.78, 5) is 0. The first-order valence-corrected chi connectivity index (χ1v) is 6.39. The highest BCUT2D eigenvalue weighted by Gasteiger charge is 2.24. The van der Waals surface area contributed by atoms with E-state index in [9.17, 15) is 0 Å². The summed E-state index contributed by atoms with van der Waals surface area (Å²) in [6, 6.07) is 10.4. The van der Waals surface area contributed by atoms with E-state index in [0.29, 0.717) is 11.3 Å². The minimum atomic E-state index is 0.326. The van der Waals surface area contributed by atoms with E-state index in [-0.39, 0.29) is 0 Å². The predicted molar refractivity (Wildman–Crippen MR) is 67.1 cm³/mol. The molecule has 0 amide bonds. The van der Waals surface area contributed by atoms with Crippen molar-refractivity contribution >= 4 is 22.6 Å². The minimum absolute atomic E-state index is 0.326. The van der Waals surface area contributed by atoms with E-state index in [0.717, 1.165) is 24.2 Å². The maximum Gasteiger partial charge on any atom is 0.134 e. The molecule has 1 aliphatic rings. The molecular weight excluding hydrogens is 220 g/mol. The highest BCUT2D eigenvalue weighted by Crippen LogP contribution is 2.37. The molecule has 3 rings (SSSR count). The highest BCUT2D eigenvalue weighted by molar-refractivity contribution is 6.20. The first-order valence-electron chi connectivity index (χ1n) is 5.95. The monoisotopic (exact) mass is 234 g/mol. The number of fused-ring (bicyclic) bond motifs is 1. The summed E-state index contributed by atoms with van der Waals surface area (Å²) in [5, 5.41) is 1.53. The second-order valence-corrected chi connectivity index (χ2v) is 5.26. The summed E-state index contributed by atoms with van der Waals surface area (Å²) in [5.41, 5.74) is 0.995. The number of halogens is 1. The van der Waals surface area contributed by atoms with Crippen LogP contribution in [0.3, 0.4) is 0 Å². The van der Waals surface area contributed by atoms with Crippen molar-refractivity contribution in [2.45, 2.75) is 37.0 Å². The van der Waals surface area contributed by atoms with E-state index in [4.69, 9.17) is 16.0 Å². The third kappa shape index (κ3) is 1.84. The number of hydrogen-bond donors (Lipinski definition) is 0. The van der Waals surface area contributed by atoms with Gasteiger partial charge >= 0.3 is 0 Å². The quantitative estimate of drug-likeness (QED) is 0.652. The van der Waals surface area contributed by atoms with Crippen molar-refractivity contribution in [1.82, 2.24) is 0 Å². The Morgan fingerprint density at radius 1 is 1.19 bits per heavy atom. The van der Waals surface area contributed by atoms with E-state index in [1.165, 1.54) is 18.2 Å². The topological polar surface area (TPSA) is 13.1 Å². The third-order valence-electron chi connectivity index (χ3n) is 3.46. The number of para-hydroxylation sites is 1. The molecule has 0 aliphatic heterocycles. The Kier molecular flexibility index (Phi) is 2.64. The molecule has 1 fully saturated rings. The average Bonchev–Trinajstić information content (AvgIpc) is 2.72. The molecule has 2 unspecified atom stereocenters. The largest absolute Gasteiger partial charge is 0.461 e. The van der Waals surface area contributed by atoms with Crippen LogP contribution in [0.1, 0.15) is 37.4 Å². The van der Waals surface area contributed by atoms with Crippen molar-refractivity contribution in [1.29, 1.82) is 0 Å². The number of furan rings is 1. The van der Waals surface area contributed by atoms with Crippen LogP contribution in [0.5, 0.6) is 0 Å². The first kappa shape index (κ1) is 10.2. The Labute approximate surface area is 100 Å². The predicted octanol–water partition coefficient (Wildman–Crippen LogP) is 4.70. The third-order valence-corrected chi connectivity index (χ3v) is 3.85. The van der Waals surface area contributed by atoms with Crippen molar-refractivity contribution < 1.29 is 4.42 Å². The molecule has 0 N–H and O–H groups in total. The molecule has 0 radical (unpaired) electrons. The van der Waals surface area contributed by atoms with E-state index in [2.05, 4.69) is 12.1 Å². The molecule has 16 heavy (non-hydrogen) atoms. The molecule has 0 saturated heterocycles. The zero-order valence-corrected chi connectivity index (χ0v) is 9.91. The molecule has 1 nitrogen and oxygen atoms in total. The number of hydrogen-bond acceptors (Lipinski definition) is 1. The van der Waals surface area contributed by atoms with Gasteiger partial charge in [-0.3, -0.25) is 0 Å². The first-order chi connectivity index (χ1) is 7.83. The van der Waals surface area contributed by atoms with E-state index >= 15 is 0 Å². The van der Waals surface area contributed by atoms with Crippen molar-refractivity contribution in [2.75, 3.05) is 0 Å². The molecule has 1 heterocycles. The van der Waals surface area contributed by atoms with Crippen LogP contribution >= 0.6 is 11.6 Å². The summed E-state index contributed by atoms with van der Waals surface area (Å²) in [5.74, 6) is 1.63. The van der Waals surface area contributed by atoms with Gasteiger partial charge in [-0.05, 0) is 31.4 Å². The zero-order valence-electron chi connectivity index (χ0n) is 9.16. The summed E-state index contributed by atoms with van der Waals surface area (Å²) in [6.07, 6.45) is 4.64. The normalized spacial score (nSPS) is 26.1. The van der Waals surface area contributed by atoms with Crippen LogP contribution in [-0.2, 0) is 0 Å². The molecule has 0 bridgehead atoms. The second kappa shape index (κ2) is 4.14. The van der Waals surface area contributed by atoms with Gasteiger partial charge < -0.3 is 4.42 Å². The molecule has 1 aliphatic carbocycles. The summed E-state index contributed by atoms with van der Waals surface area (Å²) in [6.45, 7) is 0. The smallest absolute Gasteiger partial charge is 0.134 e. The van der Waals surface area contributed by atoms with Crippen LogP contribution < -0.4 is 0 Å². The maximum absolute atomic E-state index is 6.22. The molecule has 2 aromatic rings. The fourth-order valence-corrected chi connectivity index (χ4v) is 2.96. The Morgan fingerprint density at radius 3 is 2.88 bits per heavy atom. The molecule has 1 aromatic heterocycles. The Morgan fingerprint density at radius 2 is 2.06 bits per heavy atom. The summed E-state index contributed by atoms with van der Waals surface area (Å²) < 4.78 is 5.90. The van der Waals surface area contributed by atoms with Gasteiger partial charge in [0.2, 0.25) is 0 Å². The van der Waals surface area contributed by atoms with Crippen molar-refractivity contribution in [3.63, 3.8) is 0 Å². The van der Waals surface area contributed by atoms with Crippen LogP contribution in [0, 0.1) is 0 Å². The lowest BCUT2D eigenvalue weighted by Crippen LogP contribution is -2.13. The van der Waals surface area contributed by atoms with E-state index < -0.39 is 0 Å². The van der Waals surface area contributed by atoms with Crippen LogP contribution in [0.2, 0.25) is 0 Å². The zero-order chi connectivity index (χ0) is 11.0. The molecular formula is C14H15ClO. The molecule has 2 atom stereocenters. The van der Waals surface area contributed by atoms with Crippen molar-refractivity contribution in [3.8, 4) is 0 Å². The molecule has 84 valence electrons. The minimum Gasteiger partial charge on any atom is -0.461 e. The molecule has 2 heteroatoms.